The molecule has 0 aliphatic heterocycles. The average Bonchev–Trinajstić information content (AvgIpc) is 2.79. The summed E-state index contributed by atoms with van der Waals surface area (Å²) >= 11 is 1.51. The molecular formula is C12H21NO4S. The molecule has 6 heteroatoms. The van der Waals surface area contributed by atoms with E-state index in [2.05, 4.69) is 5.32 Å². The van der Waals surface area contributed by atoms with Gasteiger partial charge in [0.2, 0.25) is 5.91 Å². The second-order valence-corrected chi connectivity index (χ2v) is 5.88. The number of aliphatic carboxylic acids is 1. The van der Waals surface area contributed by atoms with Crippen molar-refractivity contribution in [1.29, 1.82) is 0 Å². The summed E-state index contributed by atoms with van der Waals surface area (Å²) in [5.41, 5.74) is 0. The van der Waals surface area contributed by atoms with Crippen molar-refractivity contribution >= 4 is 23.6 Å². The molecule has 0 aromatic rings. The molecule has 1 saturated carbocycles. The van der Waals surface area contributed by atoms with Crippen molar-refractivity contribution in [3.8, 4) is 0 Å². The number of thioether (sulfide) groups is 1. The third-order valence-electron chi connectivity index (χ3n) is 3.56. The highest BCUT2D eigenvalue weighted by molar-refractivity contribution is 7.99. The lowest BCUT2D eigenvalue weighted by Crippen LogP contribution is -2.43. The van der Waals surface area contributed by atoms with Crippen molar-refractivity contribution in [2.24, 2.45) is 11.8 Å². The lowest BCUT2D eigenvalue weighted by Gasteiger charge is -2.23. The number of hydrogen-bond acceptors (Lipinski definition) is 4. The second-order valence-electron chi connectivity index (χ2n) is 4.80. The molecule has 0 saturated heterocycles. The number of amides is 1. The zero-order chi connectivity index (χ0) is 13.7. The standard InChI is InChI=1S/C12H21NO4S/c1-7(10(6-14)18-2)13-11(15)8-3-4-9(5-8)12(16)17/h7-10,14H,3-6H2,1-2H3,(H,13,15)(H,16,17). The van der Waals surface area contributed by atoms with Gasteiger partial charge in [0.05, 0.1) is 12.5 Å². The molecule has 3 N–H and O–H groups in total. The molecule has 104 valence electrons. The maximum absolute atomic E-state index is 12.0. The zero-order valence-corrected chi connectivity index (χ0v) is 11.6. The highest BCUT2D eigenvalue weighted by Crippen LogP contribution is 2.31. The Morgan fingerprint density at radius 3 is 2.44 bits per heavy atom. The van der Waals surface area contributed by atoms with Crippen molar-refractivity contribution < 1.29 is 19.8 Å². The molecule has 4 atom stereocenters. The van der Waals surface area contributed by atoms with E-state index in [0.29, 0.717) is 19.3 Å². The van der Waals surface area contributed by atoms with Crippen LogP contribution in [0, 0.1) is 11.8 Å². The van der Waals surface area contributed by atoms with E-state index < -0.39 is 5.97 Å². The van der Waals surface area contributed by atoms with E-state index in [1.54, 1.807) is 0 Å². The Morgan fingerprint density at radius 1 is 1.39 bits per heavy atom. The predicted octanol–water partition coefficient (Wildman–Crippen LogP) is 0.716. The Balaban J connectivity index is 2.44. The Morgan fingerprint density at radius 2 is 2.00 bits per heavy atom. The average molecular weight is 275 g/mol. The molecule has 0 aromatic carbocycles. The molecule has 1 rings (SSSR count). The van der Waals surface area contributed by atoms with E-state index in [1.165, 1.54) is 11.8 Å². The number of hydrogen-bond donors (Lipinski definition) is 3. The van der Waals surface area contributed by atoms with Crippen LogP contribution in [0.1, 0.15) is 26.2 Å². The summed E-state index contributed by atoms with van der Waals surface area (Å²) < 4.78 is 0. The number of rotatable bonds is 6. The van der Waals surface area contributed by atoms with Gasteiger partial charge in [0.1, 0.15) is 0 Å². The molecular weight excluding hydrogens is 254 g/mol. The first-order valence-corrected chi connectivity index (χ1v) is 7.45. The summed E-state index contributed by atoms with van der Waals surface area (Å²) in [6.45, 7) is 1.88. The van der Waals surface area contributed by atoms with Crippen LogP contribution in [0.15, 0.2) is 0 Å². The first-order chi connectivity index (χ1) is 8.49. The summed E-state index contributed by atoms with van der Waals surface area (Å²) in [6.07, 6.45) is 3.53. The van der Waals surface area contributed by atoms with Gasteiger partial charge in [-0.05, 0) is 32.4 Å². The lowest BCUT2D eigenvalue weighted by molar-refractivity contribution is -0.141. The van der Waals surface area contributed by atoms with Crippen LogP contribution < -0.4 is 5.32 Å². The molecule has 5 nitrogen and oxygen atoms in total. The van der Waals surface area contributed by atoms with Crippen LogP contribution in [0.25, 0.3) is 0 Å². The number of carboxylic acids is 1. The third kappa shape index (κ3) is 3.88. The highest BCUT2D eigenvalue weighted by Gasteiger charge is 2.34. The smallest absolute Gasteiger partial charge is 0.306 e. The van der Waals surface area contributed by atoms with Crippen LogP contribution in [0.4, 0.5) is 0 Å². The summed E-state index contributed by atoms with van der Waals surface area (Å²) in [7, 11) is 0. The molecule has 18 heavy (non-hydrogen) atoms. The minimum absolute atomic E-state index is 0.0189. The summed E-state index contributed by atoms with van der Waals surface area (Å²) in [5, 5.41) is 20.9. The molecule has 0 aromatic heterocycles. The largest absolute Gasteiger partial charge is 0.481 e. The summed E-state index contributed by atoms with van der Waals surface area (Å²) in [6, 6.07) is -0.110. The highest BCUT2D eigenvalue weighted by atomic mass is 32.2. The monoisotopic (exact) mass is 275 g/mol. The molecule has 0 heterocycles. The Kier molecular flexibility index (Phi) is 5.95. The quantitative estimate of drug-likeness (QED) is 0.665. The van der Waals surface area contributed by atoms with Gasteiger partial charge in [-0.3, -0.25) is 9.59 Å². The van der Waals surface area contributed by atoms with Gasteiger partial charge in [-0.15, -0.1) is 0 Å². The van der Waals surface area contributed by atoms with Crippen LogP contribution in [0.3, 0.4) is 0 Å². The molecule has 0 spiro atoms. The predicted molar refractivity (Wildman–Crippen MR) is 70.5 cm³/mol. The van der Waals surface area contributed by atoms with Gasteiger partial charge in [-0.25, -0.2) is 0 Å². The van der Waals surface area contributed by atoms with Crippen molar-refractivity contribution in [2.75, 3.05) is 12.9 Å². The molecule has 0 bridgehead atoms. The number of aliphatic hydroxyl groups excluding tert-OH is 1. The number of carboxylic acid groups (broad SMARTS) is 1. The summed E-state index contributed by atoms with van der Waals surface area (Å²) in [5.74, 6) is -1.48. The van der Waals surface area contributed by atoms with Crippen LogP contribution in [0.2, 0.25) is 0 Å². The lowest BCUT2D eigenvalue weighted by atomic mass is 10.0. The zero-order valence-electron chi connectivity index (χ0n) is 10.8. The summed E-state index contributed by atoms with van der Waals surface area (Å²) in [4.78, 5) is 22.8. The minimum atomic E-state index is -0.810. The topological polar surface area (TPSA) is 86.6 Å². The van der Waals surface area contributed by atoms with Crippen molar-refractivity contribution in [3.63, 3.8) is 0 Å². The van der Waals surface area contributed by atoms with Crippen LogP contribution in [-0.4, -0.2) is 46.2 Å². The Bertz CT molecular complexity index is 306. The number of carbonyl (C=O) groups is 2. The van der Waals surface area contributed by atoms with Crippen molar-refractivity contribution in [2.45, 2.75) is 37.5 Å². The number of carbonyl (C=O) groups excluding carboxylic acids is 1. The normalized spacial score (nSPS) is 26.6. The van der Waals surface area contributed by atoms with Gasteiger partial charge in [-0.1, -0.05) is 0 Å². The fourth-order valence-corrected chi connectivity index (χ4v) is 2.94. The van der Waals surface area contributed by atoms with Gasteiger partial charge < -0.3 is 15.5 Å². The molecule has 4 unspecified atom stereocenters. The van der Waals surface area contributed by atoms with Gasteiger partial charge in [0, 0.05) is 17.2 Å². The fraction of sp³-hybridized carbons (Fsp3) is 0.833. The van der Waals surface area contributed by atoms with Crippen LogP contribution in [-0.2, 0) is 9.59 Å². The van der Waals surface area contributed by atoms with Gasteiger partial charge in [-0.2, -0.15) is 11.8 Å². The molecule has 1 aliphatic carbocycles. The SMILES string of the molecule is CSC(CO)C(C)NC(=O)C1CCC(C(=O)O)C1. The van der Waals surface area contributed by atoms with E-state index in [1.807, 2.05) is 13.2 Å². The fourth-order valence-electron chi connectivity index (χ4n) is 2.32. The van der Waals surface area contributed by atoms with E-state index >= 15 is 0 Å². The van der Waals surface area contributed by atoms with E-state index in [-0.39, 0.29) is 35.6 Å². The Labute approximate surface area is 111 Å². The number of nitrogens with one attached hydrogen (secondary N) is 1. The molecule has 1 fully saturated rings. The van der Waals surface area contributed by atoms with Crippen molar-refractivity contribution in [3.05, 3.63) is 0 Å². The van der Waals surface area contributed by atoms with Crippen LogP contribution >= 0.6 is 11.8 Å². The maximum atomic E-state index is 12.0. The second kappa shape index (κ2) is 6.99. The first kappa shape index (κ1) is 15.3. The van der Waals surface area contributed by atoms with E-state index in [9.17, 15) is 9.59 Å². The molecule has 1 aliphatic rings. The minimum Gasteiger partial charge on any atom is -0.481 e. The molecule has 1 amide bonds. The third-order valence-corrected chi connectivity index (χ3v) is 4.73. The van der Waals surface area contributed by atoms with Crippen LogP contribution in [0.5, 0.6) is 0 Å². The Hall–Kier alpha value is -0.750. The van der Waals surface area contributed by atoms with E-state index in [4.69, 9.17) is 10.2 Å². The maximum Gasteiger partial charge on any atom is 0.306 e. The first-order valence-electron chi connectivity index (χ1n) is 6.16. The van der Waals surface area contributed by atoms with E-state index in [0.717, 1.165) is 0 Å². The van der Waals surface area contributed by atoms with Gasteiger partial charge in [0.25, 0.3) is 0 Å². The van der Waals surface area contributed by atoms with Gasteiger partial charge >= 0.3 is 5.97 Å². The van der Waals surface area contributed by atoms with Crippen molar-refractivity contribution in [1.82, 2.24) is 5.32 Å². The number of aliphatic hydroxyl groups is 1. The molecule has 0 radical (unpaired) electrons. The van der Waals surface area contributed by atoms with Gasteiger partial charge in [0.15, 0.2) is 0 Å².